The van der Waals surface area contributed by atoms with Crippen LogP contribution in [0.2, 0.25) is 0 Å². The number of rotatable bonds is 7. The van der Waals surface area contributed by atoms with E-state index in [0.717, 1.165) is 25.9 Å². The van der Waals surface area contributed by atoms with Gasteiger partial charge < -0.3 is 10.2 Å². The van der Waals surface area contributed by atoms with E-state index in [-0.39, 0.29) is 5.91 Å². The van der Waals surface area contributed by atoms with E-state index in [0.29, 0.717) is 12.6 Å². The van der Waals surface area contributed by atoms with Gasteiger partial charge in [0.1, 0.15) is 0 Å². The zero-order valence-electron chi connectivity index (χ0n) is 9.38. The van der Waals surface area contributed by atoms with Crippen LogP contribution in [0.4, 0.5) is 0 Å². The van der Waals surface area contributed by atoms with Crippen LogP contribution in [0.25, 0.3) is 0 Å². The lowest BCUT2D eigenvalue weighted by Gasteiger charge is -2.21. The Bertz CT molecular complexity index is 178. The zero-order valence-corrected chi connectivity index (χ0v) is 9.38. The molecule has 82 valence electrons. The maximum atomic E-state index is 11.8. The van der Waals surface area contributed by atoms with Crippen LogP contribution in [0.3, 0.4) is 0 Å². The van der Waals surface area contributed by atoms with Gasteiger partial charge in [-0.1, -0.05) is 13.8 Å². The van der Waals surface area contributed by atoms with E-state index in [1.165, 1.54) is 12.8 Å². The fourth-order valence-electron chi connectivity index (χ4n) is 1.61. The summed E-state index contributed by atoms with van der Waals surface area (Å²) in [5.41, 5.74) is 0. The van der Waals surface area contributed by atoms with Crippen LogP contribution in [0.15, 0.2) is 0 Å². The maximum absolute atomic E-state index is 11.8. The van der Waals surface area contributed by atoms with Gasteiger partial charge in [-0.05, 0) is 32.2 Å². The minimum Gasteiger partial charge on any atom is -0.339 e. The van der Waals surface area contributed by atoms with Crippen LogP contribution >= 0.6 is 0 Å². The number of amides is 1. The molecule has 0 aromatic heterocycles. The molecule has 0 aliphatic heterocycles. The van der Waals surface area contributed by atoms with Crippen molar-refractivity contribution in [2.75, 3.05) is 19.6 Å². The van der Waals surface area contributed by atoms with Crippen molar-refractivity contribution in [3.63, 3.8) is 0 Å². The van der Waals surface area contributed by atoms with E-state index in [4.69, 9.17) is 0 Å². The first-order valence-corrected chi connectivity index (χ1v) is 5.79. The Morgan fingerprint density at radius 2 is 2.07 bits per heavy atom. The SMILES string of the molecule is CCCNCC(=O)N(CCC)C1CC1. The van der Waals surface area contributed by atoms with E-state index in [9.17, 15) is 4.79 Å². The Kier molecular flexibility index (Phi) is 4.94. The summed E-state index contributed by atoms with van der Waals surface area (Å²) in [6.45, 7) is 6.63. The summed E-state index contributed by atoms with van der Waals surface area (Å²) in [5, 5.41) is 3.17. The second kappa shape index (κ2) is 6.02. The second-order valence-electron chi connectivity index (χ2n) is 4.00. The summed E-state index contributed by atoms with van der Waals surface area (Å²) < 4.78 is 0. The highest BCUT2D eigenvalue weighted by Crippen LogP contribution is 2.26. The summed E-state index contributed by atoms with van der Waals surface area (Å²) in [4.78, 5) is 13.8. The number of hydrogen-bond acceptors (Lipinski definition) is 2. The summed E-state index contributed by atoms with van der Waals surface area (Å²) in [6.07, 6.45) is 4.57. The standard InChI is InChI=1S/C11H22N2O/c1-3-7-12-9-11(14)13(8-4-2)10-5-6-10/h10,12H,3-9H2,1-2H3. The molecule has 1 saturated carbocycles. The molecule has 1 rings (SSSR count). The van der Waals surface area contributed by atoms with Crippen molar-refractivity contribution < 1.29 is 4.79 Å². The number of carbonyl (C=O) groups is 1. The van der Waals surface area contributed by atoms with Crippen LogP contribution < -0.4 is 5.32 Å². The quantitative estimate of drug-likeness (QED) is 0.627. The fraction of sp³-hybridized carbons (Fsp3) is 0.909. The minimum absolute atomic E-state index is 0.280. The number of hydrogen-bond donors (Lipinski definition) is 1. The third-order valence-electron chi connectivity index (χ3n) is 2.48. The molecular formula is C11H22N2O. The summed E-state index contributed by atoms with van der Waals surface area (Å²) in [6, 6.07) is 0.561. The molecule has 0 heterocycles. The molecule has 3 nitrogen and oxygen atoms in total. The molecule has 0 radical (unpaired) electrons. The molecule has 1 aliphatic rings. The first-order chi connectivity index (χ1) is 6.79. The molecule has 0 aromatic rings. The van der Waals surface area contributed by atoms with Gasteiger partial charge in [-0.3, -0.25) is 4.79 Å². The van der Waals surface area contributed by atoms with Crippen LogP contribution in [-0.4, -0.2) is 36.5 Å². The molecule has 3 heteroatoms. The van der Waals surface area contributed by atoms with E-state index >= 15 is 0 Å². The maximum Gasteiger partial charge on any atom is 0.236 e. The molecule has 1 aliphatic carbocycles. The Hall–Kier alpha value is -0.570. The average molecular weight is 198 g/mol. The molecule has 0 bridgehead atoms. The van der Waals surface area contributed by atoms with Gasteiger partial charge in [-0.2, -0.15) is 0 Å². The van der Waals surface area contributed by atoms with Crippen molar-refractivity contribution in [1.82, 2.24) is 10.2 Å². The molecule has 1 fully saturated rings. The van der Waals surface area contributed by atoms with Gasteiger partial charge in [0.25, 0.3) is 0 Å². The second-order valence-corrected chi connectivity index (χ2v) is 4.00. The first-order valence-electron chi connectivity index (χ1n) is 5.79. The van der Waals surface area contributed by atoms with E-state index in [2.05, 4.69) is 19.2 Å². The smallest absolute Gasteiger partial charge is 0.236 e. The van der Waals surface area contributed by atoms with Crippen molar-refractivity contribution in [2.24, 2.45) is 0 Å². The van der Waals surface area contributed by atoms with Gasteiger partial charge in [0.05, 0.1) is 6.54 Å². The Morgan fingerprint density at radius 1 is 1.36 bits per heavy atom. The highest BCUT2D eigenvalue weighted by molar-refractivity contribution is 5.78. The topological polar surface area (TPSA) is 32.3 Å². The molecule has 1 amide bonds. The Labute approximate surface area is 86.9 Å². The zero-order chi connectivity index (χ0) is 10.4. The highest BCUT2D eigenvalue weighted by Gasteiger charge is 2.31. The summed E-state index contributed by atoms with van der Waals surface area (Å²) in [7, 11) is 0. The van der Waals surface area contributed by atoms with Crippen molar-refractivity contribution >= 4 is 5.91 Å². The molecule has 0 atom stereocenters. The van der Waals surface area contributed by atoms with Gasteiger partial charge in [0, 0.05) is 12.6 Å². The molecule has 14 heavy (non-hydrogen) atoms. The van der Waals surface area contributed by atoms with Crippen molar-refractivity contribution in [3.05, 3.63) is 0 Å². The normalized spacial score (nSPS) is 15.6. The van der Waals surface area contributed by atoms with Gasteiger partial charge in [0.2, 0.25) is 5.91 Å². The van der Waals surface area contributed by atoms with Crippen LogP contribution in [-0.2, 0) is 4.79 Å². The van der Waals surface area contributed by atoms with E-state index in [1.807, 2.05) is 4.90 Å². The lowest BCUT2D eigenvalue weighted by molar-refractivity contribution is -0.130. The minimum atomic E-state index is 0.280. The summed E-state index contributed by atoms with van der Waals surface area (Å²) >= 11 is 0. The van der Waals surface area contributed by atoms with E-state index < -0.39 is 0 Å². The Morgan fingerprint density at radius 3 is 2.57 bits per heavy atom. The number of carbonyl (C=O) groups excluding carboxylic acids is 1. The largest absolute Gasteiger partial charge is 0.339 e. The first kappa shape index (κ1) is 11.5. The molecule has 0 unspecified atom stereocenters. The number of nitrogens with zero attached hydrogens (tertiary/aromatic N) is 1. The van der Waals surface area contributed by atoms with Gasteiger partial charge in [-0.15, -0.1) is 0 Å². The van der Waals surface area contributed by atoms with E-state index in [1.54, 1.807) is 0 Å². The predicted molar refractivity (Wildman–Crippen MR) is 58.2 cm³/mol. The Balaban J connectivity index is 2.23. The highest BCUT2D eigenvalue weighted by atomic mass is 16.2. The van der Waals surface area contributed by atoms with Crippen molar-refractivity contribution in [2.45, 2.75) is 45.6 Å². The average Bonchev–Trinajstić information content (AvgIpc) is 2.98. The molecule has 0 spiro atoms. The van der Waals surface area contributed by atoms with Crippen molar-refractivity contribution in [3.8, 4) is 0 Å². The number of nitrogens with one attached hydrogen (secondary N) is 1. The van der Waals surface area contributed by atoms with Crippen LogP contribution in [0, 0.1) is 0 Å². The third-order valence-corrected chi connectivity index (χ3v) is 2.48. The molecule has 0 aromatic carbocycles. The van der Waals surface area contributed by atoms with Crippen LogP contribution in [0.1, 0.15) is 39.5 Å². The van der Waals surface area contributed by atoms with Crippen LogP contribution in [0.5, 0.6) is 0 Å². The lowest BCUT2D eigenvalue weighted by Crippen LogP contribution is -2.40. The van der Waals surface area contributed by atoms with Gasteiger partial charge >= 0.3 is 0 Å². The van der Waals surface area contributed by atoms with Crippen molar-refractivity contribution in [1.29, 1.82) is 0 Å². The lowest BCUT2D eigenvalue weighted by atomic mass is 10.3. The third kappa shape index (κ3) is 3.66. The van der Waals surface area contributed by atoms with Gasteiger partial charge in [0.15, 0.2) is 0 Å². The molecular weight excluding hydrogens is 176 g/mol. The predicted octanol–water partition coefficient (Wildman–Crippen LogP) is 1.39. The fourth-order valence-corrected chi connectivity index (χ4v) is 1.61. The molecule has 1 N–H and O–H groups in total. The monoisotopic (exact) mass is 198 g/mol. The van der Waals surface area contributed by atoms with Gasteiger partial charge in [-0.25, -0.2) is 0 Å². The summed E-state index contributed by atoms with van der Waals surface area (Å²) in [5.74, 6) is 0.280. The molecule has 0 saturated heterocycles.